The lowest BCUT2D eigenvalue weighted by molar-refractivity contribution is 0.962. The Morgan fingerprint density at radius 2 is 1.50 bits per heavy atom. The van der Waals surface area contributed by atoms with Crippen LogP contribution in [0.3, 0.4) is 0 Å². The number of hydrogen-bond acceptors (Lipinski definition) is 1. The fourth-order valence-corrected chi connectivity index (χ4v) is 4.83. The van der Waals surface area contributed by atoms with Gasteiger partial charge in [0.25, 0.3) is 0 Å². The van der Waals surface area contributed by atoms with Crippen molar-refractivity contribution in [3.8, 4) is 0 Å². The van der Waals surface area contributed by atoms with Crippen molar-refractivity contribution in [2.24, 2.45) is 0 Å². The summed E-state index contributed by atoms with van der Waals surface area (Å²) in [6, 6.07) is 24.8. The minimum Gasteiger partial charge on any atom is -0.136 e. The van der Waals surface area contributed by atoms with Gasteiger partial charge in [0.15, 0.2) is 0 Å². The summed E-state index contributed by atoms with van der Waals surface area (Å²) in [7, 11) is 0. The van der Waals surface area contributed by atoms with Crippen LogP contribution in [0.15, 0.2) is 72.8 Å². The van der Waals surface area contributed by atoms with Crippen LogP contribution in [0.1, 0.15) is 24.6 Å². The van der Waals surface area contributed by atoms with Crippen LogP contribution in [-0.2, 0) is 0 Å². The maximum absolute atomic E-state index is 2.35. The minimum absolute atomic E-state index is 1.15. The van der Waals surface area contributed by atoms with Crippen molar-refractivity contribution < 1.29 is 0 Å². The Hall–Kier alpha value is -2.64. The van der Waals surface area contributed by atoms with E-state index in [0.29, 0.717) is 0 Å². The van der Waals surface area contributed by atoms with Gasteiger partial charge in [0.05, 0.1) is 0 Å². The van der Waals surface area contributed by atoms with Crippen molar-refractivity contribution >= 4 is 59.8 Å². The largest absolute Gasteiger partial charge is 0.136 e. The Balaban J connectivity index is 1.78. The molecule has 0 fully saturated rings. The van der Waals surface area contributed by atoms with E-state index in [1.807, 2.05) is 11.3 Å². The Morgan fingerprint density at radius 3 is 2.35 bits per heavy atom. The predicted molar refractivity (Wildman–Crippen MR) is 118 cm³/mol. The molecule has 0 amide bonds. The van der Waals surface area contributed by atoms with E-state index in [4.69, 9.17) is 0 Å². The molecule has 4 aromatic carbocycles. The fourth-order valence-electron chi connectivity index (χ4n) is 3.82. The first-order valence-corrected chi connectivity index (χ1v) is 10.1. The molecular formula is C25H20S. The molecule has 0 aliphatic carbocycles. The monoisotopic (exact) mass is 352 g/mol. The molecule has 0 aliphatic rings. The number of hydrogen-bond donors (Lipinski definition) is 0. The lowest BCUT2D eigenvalue weighted by atomic mass is 9.97. The second-order valence-electron chi connectivity index (χ2n) is 6.90. The van der Waals surface area contributed by atoms with Crippen LogP contribution >= 0.6 is 11.3 Å². The van der Waals surface area contributed by atoms with Gasteiger partial charge in [-0.25, -0.2) is 0 Å². The molecule has 0 saturated carbocycles. The van der Waals surface area contributed by atoms with Crippen LogP contribution < -0.4 is 0 Å². The van der Waals surface area contributed by atoms with E-state index in [0.717, 1.165) is 6.42 Å². The van der Waals surface area contributed by atoms with Crippen LogP contribution in [-0.4, -0.2) is 0 Å². The normalized spacial score (nSPS) is 12.2. The van der Waals surface area contributed by atoms with Gasteiger partial charge in [-0.2, -0.15) is 0 Å². The summed E-state index contributed by atoms with van der Waals surface area (Å²) in [5.41, 5.74) is 0. The minimum atomic E-state index is 1.15. The summed E-state index contributed by atoms with van der Waals surface area (Å²) in [6.45, 7) is 2.22. The van der Waals surface area contributed by atoms with Crippen molar-refractivity contribution in [3.63, 3.8) is 0 Å². The zero-order valence-corrected chi connectivity index (χ0v) is 15.6. The van der Waals surface area contributed by atoms with Crippen LogP contribution in [0.25, 0.3) is 48.5 Å². The van der Waals surface area contributed by atoms with Gasteiger partial charge in [-0.05, 0) is 69.1 Å². The highest BCUT2D eigenvalue weighted by atomic mass is 32.1. The van der Waals surface area contributed by atoms with E-state index in [9.17, 15) is 0 Å². The number of benzene rings is 4. The van der Waals surface area contributed by atoms with E-state index in [1.54, 1.807) is 0 Å². The van der Waals surface area contributed by atoms with Gasteiger partial charge in [-0.15, -0.1) is 11.3 Å². The molecule has 1 aromatic heterocycles. The van der Waals surface area contributed by atoms with Gasteiger partial charge in [0.1, 0.15) is 0 Å². The molecule has 0 aliphatic heterocycles. The van der Waals surface area contributed by atoms with Crippen LogP contribution in [0.2, 0.25) is 0 Å². The average molecular weight is 353 g/mol. The van der Waals surface area contributed by atoms with E-state index in [-0.39, 0.29) is 0 Å². The molecule has 0 unspecified atom stereocenters. The van der Waals surface area contributed by atoms with Crippen LogP contribution in [0, 0.1) is 0 Å². The zero-order valence-electron chi connectivity index (χ0n) is 14.8. The molecule has 0 nitrogen and oxygen atoms in total. The van der Waals surface area contributed by atoms with Crippen molar-refractivity contribution in [1.82, 2.24) is 0 Å². The van der Waals surface area contributed by atoms with Gasteiger partial charge in [-0.3, -0.25) is 0 Å². The molecule has 126 valence electrons. The SMILES string of the molecule is CCC/C=C/c1cc2c(ccc3c4cc5ccccc5cc4ccc23)s1. The van der Waals surface area contributed by atoms with Gasteiger partial charge in [0, 0.05) is 15.0 Å². The molecule has 26 heavy (non-hydrogen) atoms. The Bertz CT molecular complexity index is 1290. The number of unbranched alkanes of at least 4 members (excludes halogenated alkanes) is 1. The molecule has 5 rings (SSSR count). The summed E-state index contributed by atoms with van der Waals surface area (Å²) in [5, 5.41) is 9.35. The van der Waals surface area contributed by atoms with Crippen molar-refractivity contribution in [1.29, 1.82) is 0 Å². The van der Waals surface area contributed by atoms with Gasteiger partial charge in [0.2, 0.25) is 0 Å². The average Bonchev–Trinajstić information content (AvgIpc) is 3.09. The Kier molecular flexibility index (Phi) is 3.76. The highest BCUT2D eigenvalue weighted by Gasteiger charge is 2.08. The second-order valence-corrected chi connectivity index (χ2v) is 8.01. The van der Waals surface area contributed by atoms with Crippen LogP contribution in [0.5, 0.6) is 0 Å². The number of fused-ring (bicyclic) bond motifs is 6. The number of thiophene rings is 1. The molecule has 0 spiro atoms. The maximum Gasteiger partial charge on any atom is 0.0355 e. The first-order valence-electron chi connectivity index (χ1n) is 9.28. The second kappa shape index (κ2) is 6.26. The molecule has 1 heteroatoms. The molecule has 0 N–H and O–H groups in total. The number of rotatable bonds is 3. The third kappa shape index (κ3) is 2.51. The van der Waals surface area contributed by atoms with E-state index >= 15 is 0 Å². The number of allylic oxidation sites excluding steroid dienone is 1. The smallest absolute Gasteiger partial charge is 0.0355 e. The molecular weight excluding hydrogens is 332 g/mol. The first-order chi connectivity index (χ1) is 12.8. The molecule has 0 radical (unpaired) electrons. The predicted octanol–water partition coefficient (Wildman–Crippen LogP) is 8.17. The van der Waals surface area contributed by atoms with Crippen molar-refractivity contribution in [2.45, 2.75) is 19.8 Å². The third-order valence-electron chi connectivity index (χ3n) is 5.14. The molecule has 0 saturated heterocycles. The standard InChI is InChI=1S/C25H20S/c1-2-3-4-9-20-16-24-22-11-10-19-14-17-7-5-6-8-18(17)15-23(19)21(22)12-13-25(24)26-20/h4-16H,2-3H2,1H3/b9-4+. The zero-order chi connectivity index (χ0) is 17.5. The summed E-state index contributed by atoms with van der Waals surface area (Å²) >= 11 is 1.88. The van der Waals surface area contributed by atoms with Gasteiger partial charge >= 0.3 is 0 Å². The Labute approximate surface area is 157 Å². The fraction of sp³-hybridized carbons (Fsp3) is 0.120. The highest BCUT2D eigenvalue weighted by Crippen LogP contribution is 2.37. The van der Waals surface area contributed by atoms with Crippen molar-refractivity contribution in [2.75, 3.05) is 0 Å². The van der Waals surface area contributed by atoms with Crippen molar-refractivity contribution in [3.05, 3.63) is 77.7 Å². The summed E-state index contributed by atoms with van der Waals surface area (Å²) in [6.07, 6.45) is 6.90. The molecule has 0 bridgehead atoms. The Morgan fingerprint density at radius 1 is 0.731 bits per heavy atom. The van der Waals surface area contributed by atoms with E-state index in [1.165, 1.54) is 53.7 Å². The van der Waals surface area contributed by atoms with Gasteiger partial charge in [-0.1, -0.05) is 61.9 Å². The highest BCUT2D eigenvalue weighted by molar-refractivity contribution is 7.20. The lowest BCUT2D eigenvalue weighted by Crippen LogP contribution is -1.80. The first kappa shape index (κ1) is 15.6. The van der Waals surface area contributed by atoms with E-state index in [2.05, 4.69) is 85.8 Å². The van der Waals surface area contributed by atoms with E-state index < -0.39 is 0 Å². The molecule has 5 aromatic rings. The summed E-state index contributed by atoms with van der Waals surface area (Å²) in [4.78, 5) is 1.35. The van der Waals surface area contributed by atoms with Gasteiger partial charge < -0.3 is 0 Å². The lowest BCUT2D eigenvalue weighted by Gasteiger charge is -2.07. The quantitative estimate of drug-likeness (QED) is 0.227. The topological polar surface area (TPSA) is 0 Å². The summed E-state index contributed by atoms with van der Waals surface area (Å²) < 4.78 is 1.37. The molecule has 0 atom stereocenters. The third-order valence-corrected chi connectivity index (χ3v) is 6.20. The molecule has 1 heterocycles. The summed E-state index contributed by atoms with van der Waals surface area (Å²) in [5.74, 6) is 0. The van der Waals surface area contributed by atoms with Crippen LogP contribution in [0.4, 0.5) is 0 Å². The maximum atomic E-state index is 2.35.